The average Bonchev–Trinajstić information content (AvgIpc) is 2.27. The van der Waals surface area contributed by atoms with E-state index in [1.54, 1.807) is 13.0 Å². The highest BCUT2D eigenvalue weighted by Gasteiger charge is 2.01. The predicted octanol–water partition coefficient (Wildman–Crippen LogP) is 3.76. The number of benzene rings is 1. The van der Waals surface area contributed by atoms with Crippen molar-refractivity contribution >= 4 is 17.4 Å². The largest absolute Gasteiger partial charge is 0.377 e. The molecular weight excluding hydrogens is 243 g/mol. The van der Waals surface area contributed by atoms with E-state index < -0.39 is 5.82 Å². The smallest absolute Gasteiger partial charge is 0.142 e. The highest BCUT2D eigenvalue weighted by atomic mass is 35.5. The molecule has 0 bridgehead atoms. The Labute approximate surface area is 106 Å². The molecule has 0 aliphatic rings. The number of halogens is 2. The van der Waals surface area contributed by atoms with Crippen molar-refractivity contribution in [2.45, 2.75) is 32.8 Å². The molecule has 0 aromatic heterocycles. The molecule has 0 atom stereocenters. The van der Waals surface area contributed by atoms with Crippen molar-refractivity contribution in [2.24, 2.45) is 0 Å². The third-order valence-corrected chi connectivity index (χ3v) is 2.63. The molecule has 4 heteroatoms. The van der Waals surface area contributed by atoms with E-state index in [1.165, 1.54) is 12.1 Å². The lowest BCUT2D eigenvalue weighted by Crippen LogP contribution is -1.98. The second-order valence-corrected chi connectivity index (χ2v) is 4.37. The maximum absolute atomic E-state index is 13.1. The van der Waals surface area contributed by atoms with Crippen molar-refractivity contribution in [3.63, 3.8) is 0 Å². The molecule has 0 unspecified atom stereocenters. The van der Waals surface area contributed by atoms with Crippen LogP contribution >= 0.6 is 11.6 Å². The first-order chi connectivity index (χ1) is 8.09. The molecule has 94 valence electrons. The highest BCUT2D eigenvalue weighted by molar-refractivity contribution is 6.30. The summed E-state index contributed by atoms with van der Waals surface area (Å²) in [6, 6.07) is 4.63. The lowest BCUT2D eigenvalue weighted by molar-refractivity contribution is -0.117. The van der Waals surface area contributed by atoms with Gasteiger partial charge in [0.15, 0.2) is 0 Å². The molecule has 0 radical (unpaired) electrons. The van der Waals surface area contributed by atoms with E-state index in [9.17, 15) is 9.18 Å². The summed E-state index contributed by atoms with van der Waals surface area (Å²) in [5.41, 5.74) is 0.762. The van der Waals surface area contributed by atoms with E-state index in [4.69, 9.17) is 16.3 Å². The Morgan fingerprint density at radius 3 is 2.82 bits per heavy atom. The molecule has 1 aromatic carbocycles. The van der Waals surface area contributed by atoms with Crippen LogP contribution in [-0.2, 0) is 16.1 Å². The fourth-order valence-corrected chi connectivity index (χ4v) is 1.52. The summed E-state index contributed by atoms with van der Waals surface area (Å²) in [5.74, 6) is -0.228. The summed E-state index contributed by atoms with van der Waals surface area (Å²) < 4.78 is 18.4. The lowest BCUT2D eigenvalue weighted by Gasteiger charge is -2.04. The Balaban J connectivity index is 2.18. The second-order valence-electron chi connectivity index (χ2n) is 3.96. The number of carbonyl (C=O) groups is 1. The number of hydrogen-bond donors (Lipinski definition) is 0. The second kappa shape index (κ2) is 7.41. The van der Waals surface area contributed by atoms with Crippen molar-refractivity contribution in [1.29, 1.82) is 0 Å². The standard InChI is InChI=1S/C13H16ClFO2/c1-10(16)4-2-3-7-17-9-11-5-6-12(14)13(15)8-11/h5-6,8H,2-4,7,9H2,1H3. The number of unbranched alkanes of at least 4 members (excludes halogenated alkanes) is 1. The van der Waals surface area contributed by atoms with Gasteiger partial charge in [0.2, 0.25) is 0 Å². The van der Waals surface area contributed by atoms with Gasteiger partial charge in [-0.25, -0.2) is 4.39 Å². The average molecular weight is 259 g/mol. The monoisotopic (exact) mass is 258 g/mol. The van der Waals surface area contributed by atoms with Crippen LogP contribution in [0.2, 0.25) is 5.02 Å². The highest BCUT2D eigenvalue weighted by Crippen LogP contribution is 2.16. The van der Waals surface area contributed by atoms with Crippen molar-refractivity contribution in [1.82, 2.24) is 0 Å². The molecule has 0 N–H and O–H groups in total. The number of carbonyl (C=O) groups excluding carboxylic acids is 1. The summed E-state index contributed by atoms with van der Waals surface area (Å²) in [6.45, 7) is 2.53. The molecule has 0 saturated carbocycles. The molecule has 0 aliphatic heterocycles. The molecule has 0 aliphatic carbocycles. The molecule has 1 aromatic rings. The van der Waals surface area contributed by atoms with Crippen LogP contribution < -0.4 is 0 Å². The summed E-state index contributed by atoms with van der Waals surface area (Å²) in [6.07, 6.45) is 2.28. The zero-order valence-corrected chi connectivity index (χ0v) is 10.6. The van der Waals surface area contributed by atoms with Crippen LogP contribution in [0.25, 0.3) is 0 Å². The lowest BCUT2D eigenvalue weighted by atomic mass is 10.2. The van der Waals surface area contributed by atoms with Gasteiger partial charge in [0.05, 0.1) is 11.6 Å². The molecule has 0 spiro atoms. The van der Waals surface area contributed by atoms with E-state index in [1.807, 2.05) is 0 Å². The van der Waals surface area contributed by atoms with E-state index in [0.717, 1.165) is 18.4 Å². The Morgan fingerprint density at radius 2 is 2.18 bits per heavy atom. The summed E-state index contributed by atoms with van der Waals surface area (Å²) in [4.78, 5) is 10.7. The van der Waals surface area contributed by atoms with Gasteiger partial charge in [0.25, 0.3) is 0 Å². The minimum absolute atomic E-state index is 0.121. The maximum Gasteiger partial charge on any atom is 0.142 e. The van der Waals surface area contributed by atoms with Gasteiger partial charge in [-0.05, 0) is 37.5 Å². The minimum atomic E-state index is -0.427. The zero-order valence-electron chi connectivity index (χ0n) is 9.84. The van der Waals surface area contributed by atoms with Gasteiger partial charge in [-0.15, -0.1) is 0 Å². The van der Waals surface area contributed by atoms with Crippen LogP contribution in [0.3, 0.4) is 0 Å². The van der Waals surface area contributed by atoms with Crippen molar-refractivity contribution in [3.05, 3.63) is 34.6 Å². The van der Waals surface area contributed by atoms with Gasteiger partial charge >= 0.3 is 0 Å². The first-order valence-corrected chi connectivity index (χ1v) is 5.98. The first kappa shape index (κ1) is 14.1. The summed E-state index contributed by atoms with van der Waals surface area (Å²) in [5, 5.41) is 0.121. The molecule has 0 amide bonds. The first-order valence-electron chi connectivity index (χ1n) is 5.60. The summed E-state index contributed by atoms with van der Waals surface area (Å²) >= 11 is 5.57. The van der Waals surface area contributed by atoms with Crippen LogP contribution in [0.15, 0.2) is 18.2 Å². The van der Waals surface area contributed by atoms with Gasteiger partial charge in [-0.2, -0.15) is 0 Å². The molecule has 2 nitrogen and oxygen atoms in total. The quantitative estimate of drug-likeness (QED) is 0.696. The Hall–Kier alpha value is -0.930. The number of ketones is 1. The van der Waals surface area contributed by atoms with Crippen molar-refractivity contribution in [3.8, 4) is 0 Å². The van der Waals surface area contributed by atoms with Gasteiger partial charge in [-0.1, -0.05) is 17.7 Å². The summed E-state index contributed by atoms with van der Waals surface area (Å²) in [7, 11) is 0. The van der Waals surface area contributed by atoms with Crippen LogP contribution in [-0.4, -0.2) is 12.4 Å². The van der Waals surface area contributed by atoms with Crippen molar-refractivity contribution < 1.29 is 13.9 Å². The predicted molar refractivity (Wildman–Crippen MR) is 65.6 cm³/mol. The van der Waals surface area contributed by atoms with Crippen LogP contribution in [0.1, 0.15) is 31.7 Å². The minimum Gasteiger partial charge on any atom is -0.377 e. The van der Waals surface area contributed by atoms with E-state index in [0.29, 0.717) is 19.6 Å². The van der Waals surface area contributed by atoms with Gasteiger partial charge in [-0.3, -0.25) is 0 Å². The number of rotatable bonds is 7. The molecule has 0 saturated heterocycles. The molecule has 0 heterocycles. The number of hydrogen-bond acceptors (Lipinski definition) is 2. The van der Waals surface area contributed by atoms with E-state index >= 15 is 0 Å². The molecule has 1 rings (SSSR count). The van der Waals surface area contributed by atoms with E-state index in [2.05, 4.69) is 0 Å². The molecule has 17 heavy (non-hydrogen) atoms. The fourth-order valence-electron chi connectivity index (χ4n) is 1.40. The molecular formula is C13H16ClFO2. The zero-order chi connectivity index (χ0) is 12.7. The number of Topliss-reactive ketones (excluding diaryl/α,β-unsaturated/α-hetero) is 1. The maximum atomic E-state index is 13.1. The van der Waals surface area contributed by atoms with Crippen LogP contribution in [0.5, 0.6) is 0 Å². The SMILES string of the molecule is CC(=O)CCCCOCc1ccc(Cl)c(F)c1. The number of ether oxygens (including phenoxy) is 1. The van der Waals surface area contributed by atoms with Gasteiger partial charge < -0.3 is 9.53 Å². The topological polar surface area (TPSA) is 26.3 Å². The fraction of sp³-hybridized carbons (Fsp3) is 0.462. The van der Waals surface area contributed by atoms with Crippen LogP contribution in [0, 0.1) is 5.82 Å². The Morgan fingerprint density at radius 1 is 1.41 bits per heavy atom. The third-order valence-electron chi connectivity index (χ3n) is 2.32. The normalized spacial score (nSPS) is 10.5. The van der Waals surface area contributed by atoms with Crippen LogP contribution in [0.4, 0.5) is 4.39 Å². The van der Waals surface area contributed by atoms with Gasteiger partial charge in [0, 0.05) is 13.0 Å². The Kier molecular flexibility index (Phi) is 6.16. The Bertz CT molecular complexity index is 380. The van der Waals surface area contributed by atoms with Crippen molar-refractivity contribution in [2.75, 3.05) is 6.61 Å². The molecule has 0 fully saturated rings. The van der Waals surface area contributed by atoms with Gasteiger partial charge in [0.1, 0.15) is 11.6 Å². The van der Waals surface area contributed by atoms with E-state index in [-0.39, 0.29) is 10.8 Å². The third kappa shape index (κ3) is 5.80.